The molecule has 1 unspecified atom stereocenters. The van der Waals surface area contributed by atoms with Crippen LogP contribution in [0, 0.1) is 6.92 Å². The number of hydrogen-bond donors (Lipinski definition) is 1. The first-order chi connectivity index (χ1) is 10.1. The molecule has 0 aliphatic heterocycles. The third-order valence-corrected chi connectivity index (χ3v) is 4.69. The minimum atomic E-state index is 0.00748. The van der Waals surface area contributed by atoms with Crippen molar-refractivity contribution < 1.29 is 4.42 Å². The summed E-state index contributed by atoms with van der Waals surface area (Å²) >= 11 is 9.62. The third-order valence-electron chi connectivity index (χ3n) is 3.60. The number of rotatable bonds is 3. The van der Waals surface area contributed by atoms with Crippen LogP contribution in [-0.2, 0) is 0 Å². The average Bonchev–Trinajstić information content (AvgIpc) is 2.86. The van der Waals surface area contributed by atoms with E-state index in [2.05, 4.69) is 46.4 Å². The summed E-state index contributed by atoms with van der Waals surface area (Å²) in [5.74, 6) is 0.880. The molecular weight excluding hydrogens is 350 g/mol. The summed E-state index contributed by atoms with van der Waals surface area (Å²) in [4.78, 5) is 0. The summed E-state index contributed by atoms with van der Waals surface area (Å²) in [7, 11) is 1.93. The molecule has 108 valence electrons. The Morgan fingerprint density at radius 3 is 2.67 bits per heavy atom. The van der Waals surface area contributed by atoms with Gasteiger partial charge in [-0.3, -0.25) is 0 Å². The quantitative estimate of drug-likeness (QED) is 0.667. The van der Waals surface area contributed by atoms with Gasteiger partial charge in [0, 0.05) is 14.9 Å². The molecule has 0 aliphatic rings. The lowest BCUT2D eigenvalue weighted by Gasteiger charge is -2.15. The van der Waals surface area contributed by atoms with Crippen molar-refractivity contribution in [3.8, 4) is 0 Å². The molecule has 0 spiro atoms. The highest BCUT2D eigenvalue weighted by atomic mass is 79.9. The van der Waals surface area contributed by atoms with Gasteiger partial charge in [-0.15, -0.1) is 0 Å². The van der Waals surface area contributed by atoms with Crippen LogP contribution in [0.4, 0.5) is 0 Å². The van der Waals surface area contributed by atoms with Crippen LogP contribution in [0.15, 0.2) is 51.4 Å². The van der Waals surface area contributed by atoms with Crippen LogP contribution >= 0.6 is 27.5 Å². The van der Waals surface area contributed by atoms with E-state index in [1.165, 1.54) is 5.56 Å². The minimum Gasteiger partial charge on any atom is -0.459 e. The van der Waals surface area contributed by atoms with Crippen LogP contribution in [0.5, 0.6) is 0 Å². The van der Waals surface area contributed by atoms with Crippen LogP contribution in [-0.4, -0.2) is 7.05 Å². The SMILES string of the molecule is CNC(c1ccc(C)c(Br)c1)c1cc2cc(Cl)ccc2o1. The molecule has 3 aromatic rings. The van der Waals surface area contributed by atoms with Crippen LogP contribution in [0.3, 0.4) is 0 Å². The van der Waals surface area contributed by atoms with E-state index in [1.807, 2.05) is 31.3 Å². The summed E-state index contributed by atoms with van der Waals surface area (Å²) in [6, 6.07) is 14.0. The summed E-state index contributed by atoms with van der Waals surface area (Å²) in [6.07, 6.45) is 0. The zero-order valence-corrected chi connectivity index (χ0v) is 14.1. The number of fused-ring (bicyclic) bond motifs is 1. The van der Waals surface area contributed by atoms with Crippen LogP contribution in [0.2, 0.25) is 5.02 Å². The maximum atomic E-state index is 6.03. The van der Waals surface area contributed by atoms with Gasteiger partial charge in [-0.05, 0) is 55.4 Å². The van der Waals surface area contributed by atoms with Gasteiger partial charge in [0.2, 0.25) is 0 Å². The fourth-order valence-corrected chi connectivity index (χ4v) is 3.02. The summed E-state index contributed by atoms with van der Waals surface area (Å²) in [5, 5.41) is 5.04. The molecule has 1 atom stereocenters. The third kappa shape index (κ3) is 2.86. The zero-order valence-electron chi connectivity index (χ0n) is 11.8. The number of aryl methyl sites for hydroxylation is 1. The van der Waals surface area contributed by atoms with Gasteiger partial charge in [0.05, 0.1) is 6.04 Å². The maximum Gasteiger partial charge on any atom is 0.134 e. The average molecular weight is 365 g/mol. The Labute approximate surface area is 137 Å². The first-order valence-electron chi connectivity index (χ1n) is 6.71. The number of benzene rings is 2. The van der Waals surface area contributed by atoms with Crippen LogP contribution in [0.1, 0.15) is 22.9 Å². The van der Waals surface area contributed by atoms with Crippen molar-refractivity contribution in [1.82, 2.24) is 5.32 Å². The molecule has 0 amide bonds. The Kier molecular flexibility index (Phi) is 4.07. The molecule has 0 fully saturated rings. The molecule has 0 radical (unpaired) electrons. The largest absolute Gasteiger partial charge is 0.459 e. The van der Waals surface area contributed by atoms with Gasteiger partial charge < -0.3 is 9.73 Å². The monoisotopic (exact) mass is 363 g/mol. The molecule has 2 nitrogen and oxygen atoms in total. The number of halogens is 2. The van der Waals surface area contributed by atoms with E-state index < -0.39 is 0 Å². The second-order valence-electron chi connectivity index (χ2n) is 5.06. The van der Waals surface area contributed by atoms with Crippen LogP contribution < -0.4 is 5.32 Å². The van der Waals surface area contributed by atoms with Crippen molar-refractivity contribution in [2.24, 2.45) is 0 Å². The van der Waals surface area contributed by atoms with Crippen molar-refractivity contribution in [3.63, 3.8) is 0 Å². The topological polar surface area (TPSA) is 25.2 Å². The van der Waals surface area contributed by atoms with Gasteiger partial charge in [0.25, 0.3) is 0 Å². The predicted molar refractivity (Wildman–Crippen MR) is 91.0 cm³/mol. The second-order valence-corrected chi connectivity index (χ2v) is 6.35. The summed E-state index contributed by atoms with van der Waals surface area (Å²) < 4.78 is 7.06. The molecule has 0 saturated carbocycles. The highest BCUT2D eigenvalue weighted by Crippen LogP contribution is 2.31. The molecule has 0 aliphatic carbocycles. The summed E-state index contributed by atoms with van der Waals surface area (Å²) in [6.45, 7) is 2.07. The van der Waals surface area contributed by atoms with E-state index in [0.717, 1.165) is 26.8 Å². The number of furan rings is 1. The van der Waals surface area contributed by atoms with Gasteiger partial charge in [0.1, 0.15) is 11.3 Å². The molecule has 4 heteroatoms. The first kappa shape index (κ1) is 14.6. The van der Waals surface area contributed by atoms with Gasteiger partial charge in [0.15, 0.2) is 0 Å². The second kappa shape index (κ2) is 5.84. The molecule has 1 N–H and O–H groups in total. The Morgan fingerprint density at radius 2 is 1.95 bits per heavy atom. The Balaban J connectivity index is 2.06. The predicted octanol–water partition coefficient (Wildman–Crippen LogP) is 5.47. The number of nitrogens with one attached hydrogen (secondary N) is 1. The van der Waals surface area contributed by atoms with Crippen molar-refractivity contribution in [2.45, 2.75) is 13.0 Å². The normalized spacial score (nSPS) is 12.8. The van der Waals surface area contributed by atoms with Crippen molar-refractivity contribution in [2.75, 3.05) is 7.05 Å². The molecule has 0 bridgehead atoms. The standard InChI is InChI=1S/C17H15BrClNO/c1-10-3-4-11(8-14(10)18)17(20-2)16-9-12-7-13(19)5-6-15(12)21-16/h3-9,17,20H,1-2H3. The molecule has 21 heavy (non-hydrogen) atoms. The fourth-order valence-electron chi connectivity index (χ4n) is 2.44. The Morgan fingerprint density at radius 1 is 1.14 bits per heavy atom. The molecular formula is C17H15BrClNO. The first-order valence-corrected chi connectivity index (χ1v) is 7.88. The molecule has 2 aromatic carbocycles. The molecule has 1 heterocycles. The molecule has 0 saturated heterocycles. The minimum absolute atomic E-state index is 0.00748. The van der Waals surface area contributed by atoms with Gasteiger partial charge in [-0.2, -0.15) is 0 Å². The van der Waals surface area contributed by atoms with Gasteiger partial charge >= 0.3 is 0 Å². The summed E-state index contributed by atoms with van der Waals surface area (Å²) in [5.41, 5.74) is 3.21. The highest BCUT2D eigenvalue weighted by Gasteiger charge is 2.17. The Hall–Kier alpha value is -1.29. The van der Waals surface area contributed by atoms with E-state index in [0.29, 0.717) is 5.02 Å². The van der Waals surface area contributed by atoms with E-state index in [-0.39, 0.29) is 6.04 Å². The maximum absolute atomic E-state index is 6.03. The van der Waals surface area contributed by atoms with E-state index in [4.69, 9.17) is 16.0 Å². The van der Waals surface area contributed by atoms with E-state index >= 15 is 0 Å². The zero-order chi connectivity index (χ0) is 15.0. The lowest BCUT2D eigenvalue weighted by atomic mass is 10.0. The van der Waals surface area contributed by atoms with Crippen molar-refractivity contribution >= 4 is 38.5 Å². The smallest absolute Gasteiger partial charge is 0.134 e. The lowest BCUT2D eigenvalue weighted by molar-refractivity contribution is 0.491. The van der Waals surface area contributed by atoms with E-state index in [1.54, 1.807) is 0 Å². The Bertz CT molecular complexity index is 797. The van der Waals surface area contributed by atoms with E-state index in [9.17, 15) is 0 Å². The number of hydrogen-bond acceptors (Lipinski definition) is 2. The van der Waals surface area contributed by atoms with Crippen LogP contribution in [0.25, 0.3) is 11.0 Å². The fraction of sp³-hybridized carbons (Fsp3) is 0.176. The van der Waals surface area contributed by atoms with Crippen molar-refractivity contribution in [3.05, 3.63) is 68.8 Å². The van der Waals surface area contributed by atoms with Gasteiger partial charge in [-0.1, -0.05) is 39.7 Å². The van der Waals surface area contributed by atoms with Crippen molar-refractivity contribution in [1.29, 1.82) is 0 Å². The molecule has 3 rings (SSSR count). The lowest BCUT2D eigenvalue weighted by Crippen LogP contribution is -2.17. The highest BCUT2D eigenvalue weighted by molar-refractivity contribution is 9.10. The van der Waals surface area contributed by atoms with Gasteiger partial charge in [-0.25, -0.2) is 0 Å². The molecule has 1 aromatic heterocycles.